The van der Waals surface area contributed by atoms with Gasteiger partial charge in [0, 0.05) is 12.0 Å². The first kappa shape index (κ1) is 16.1. The van der Waals surface area contributed by atoms with E-state index >= 15 is 0 Å². The van der Waals surface area contributed by atoms with Crippen molar-refractivity contribution in [3.63, 3.8) is 0 Å². The molecule has 110 valence electrons. The average molecular weight is 271 g/mol. The Labute approximate surface area is 114 Å². The zero-order valence-corrected chi connectivity index (χ0v) is 12.0. The number of aliphatic hydroxyl groups excluding tert-OH is 1. The zero-order chi connectivity index (χ0) is 14.4. The van der Waals surface area contributed by atoms with Crippen molar-refractivity contribution in [2.24, 2.45) is 5.73 Å². The van der Waals surface area contributed by atoms with Gasteiger partial charge in [-0.3, -0.25) is 0 Å². The number of carbonyl (C=O) groups is 1. The SMILES string of the molecule is CCOC(=O)C1=C[C@@H](OC(CC)CC)[C@H](N)[C@@H](O)C1. The van der Waals surface area contributed by atoms with Crippen LogP contribution in [0.4, 0.5) is 0 Å². The fraction of sp³-hybridized carbons (Fsp3) is 0.786. The lowest BCUT2D eigenvalue weighted by Crippen LogP contribution is -2.49. The number of rotatable bonds is 6. The maximum atomic E-state index is 11.7. The number of nitrogens with two attached hydrogens (primary N) is 1. The Balaban J connectivity index is 2.81. The van der Waals surface area contributed by atoms with Crippen LogP contribution in [0.25, 0.3) is 0 Å². The fourth-order valence-electron chi connectivity index (χ4n) is 2.17. The van der Waals surface area contributed by atoms with Crippen LogP contribution in [-0.2, 0) is 14.3 Å². The molecule has 0 bridgehead atoms. The molecule has 0 saturated heterocycles. The summed E-state index contributed by atoms with van der Waals surface area (Å²) in [5, 5.41) is 9.94. The van der Waals surface area contributed by atoms with Crippen LogP contribution in [-0.4, -0.2) is 42.0 Å². The molecule has 1 rings (SSSR count). The van der Waals surface area contributed by atoms with E-state index < -0.39 is 24.2 Å². The monoisotopic (exact) mass is 271 g/mol. The molecule has 5 heteroatoms. The predicted octanol–water partition coefficient (Wildman–Crippen LogP) is 1.14. The van der Waals surface area contributed by atoms with E-state index in [4.69, 9.17) is 15.2 Å². The third-order valence-corrected chi connectivity index (χ3v) is 3.42. The molecule has 0 spiro atoms. The standard InChI is InChI=1S/C14H25NO4/c1-4-10(5-2)19-12-8-9(14(17)18-6-3)7-11(16)13(12)15/h8,10-13,16H,4-7,15H2,1-3H3/t11-,12+,13+/m0/s1. The van der Waals surface area contributed by atoms with Gasteiger partial charge in [0.05, 0.1) is 31.0 Å². The minimum atomic E-state index is -0.774. The molecular weight excluding hydrogens is 246 g/mol. The third-order valence-electron chi connectivity index (χ3n) is 3.42. The molecule has 0 aliphatic heterocycles. The van der Waals surface area contributed by atoms with Crippen LogP contribution in [0.3, 0.4) is 0 Å². The average Bonchev–Trinajstić information content (AvgIpc) is 2.40. The second-order valence-corrected chi connectivity index (χ2v) is 4.80. The number of hydrogen-bond acceptors (Lipinski definition) is 5. The van der Waals surface area contributed by atoms with Crippen LogP contribution >= 0.6 is 0 Å². The van der Waals surface area contributed by atoms with Gasteiger partial charge in [0.2, 0.25) is 0 Å². The van der Waals surface area contributed by atoms with Crippen LogP contribution in [0.2, 0.25) is 0 Å². The Morgan fingerprint density at radius 2 is 2.11 bits per heavy atom. The third kappa shape index (κ3) is 4.30. The quantitative estimate of drug-likeness (QED) is 0.708. The van der Waals surface area contributed by atoms with E-state index in [9.17, 15) is 9.90 Å². The second kappa shape index (κ2) is 7.62. The van der Waals surface area contributed by atoms with Crippen molar-refractivity contribution in [3.8, 4) is 0 Å². The van der Waals surface area contributed by atoms with Gasteiger partial charge in [-0.25, -0.2) is 4.79 Å². The minimum Gasteiger partial charge on any atom is -0.463 e. The first-order valence-electron chi connectivity index (χ1n) is 7.00. The molecule has 0 fully saturated rings. The van der Waals surface area contributed by atoms with E-state index in [-0.39, 0.29) is 12.5 Å². The van der Waals surface area contributed by atoms with Gasteiger partial charge in [-0.1, -0.05) is 13.8 Å². The Morgan fingerprint density at radius 1 is 1.47 bits per heavy atom. The molecule has 3 atom stereocenters. The summed E-state index contributed by atoms with van der Waals surface area (Å²) < 4.78 is 10.8. The van der Waals surface area contributed by atoms with Crippen molar-refractivity contribution in [1.29, 1.82) is 0 Å². The smallest absolute Gasteiger partial charge is 0.333 e. The van der Waals surface area contributed by atoms with Gasteiger partial charge in [0.1, 0.15) is 0 Å². The van der Waals surface area contributed by atoms with Crippen molar-refractivity contribution in [2.45, 2.75) is 64.4 Å². The summed E-state index contributed by atoms with van der Waals surface area (Å²) in [6, 6.07) is -0.501. The number of esters is 1. The van der Waals surface area contributed by atoms with Crippen LogP contribution in [0.15, 0.2) is 11.6 Å². The van der Waals surface area contributed by atoms with Crippen LogP contribution in [0.5, 0.6) is 0 Å². The Hall–Kier alpha value is -0.910. The van der Waals surface area contributed by atoms with Crippen molar-refractivity contribution in [1.82, 2.24) is 0 Å². The summed E-state index contributed by atoms with van der Waals surface area (Å²) in [5.74, 6) is -0.397. The lowest BCUT2D eigenvalue weighted by molar-refractivity contribution is -0.139. The van der Waals surface area contributed by atoms with E-state index in [1.807, 2.05) is 13.8 Å². The predicted molar refractivity (Wildman–Crippen MR) is 72.6 cm³/mol. The number of ether oxygens (including phenoxy) is 2. The van der Waals surface area contributed by atoms with Crippen LogP contribution in [0, 0.1) is 0 Å². The van der Waals surface area contributed by atoms with Gasteiger partial charge >= 0.3 is 5.97 Å². The Kier molecular flexibility index (Phi) is 6.48. The summed E-state index contributed by atoms with van der Waals surface area (Å²) in [6.45, 7) is 6.14. The van der Waals surface area contributed by atoms with Gasteiger partial charge in [0.25, 0.3) is 0 Å². The first-order chi connectivity index (χ1) is 9.03. The molecule has 0 aromatic heterocycles. The highest BCUT2D eigenvalue weighted by Gasteiger charge is 2.33. The van der Waals surface area contributed by atoms with E-state index in [2.05, 4.69) is 0 Å². The van der Waals surface area contributed by atoms with Gasteiger partial charge in [-0.15, -0.1) is 0 Å². The van der Waals surface area contributed by atoms with E-state index in [1.54, 1.807) is 13.0 Å². The minimum absolute atomic E-state index is 0.0843. The molecule has 0 saturated carbocycles. The lowest BCUT2D eigenvalue weighted by atomic mass is 9.90. The van der Waals surface area contributed by atoms with E-state index in [0.29, 0.717) is 12.2 Å². The number of hydrogen-bond donors (Lipinski definition) is 2. The normalized spacial score (nSPS) is 27.3. The van der Waals surface area contributed by atoms with Gasteiger partial charge in [-0.2, -0.15) is 0 Å². The van der Waals surface area contributed by atoms with Crippen molar-refractivity contribution >= 4 is 5.97 Å². The Morgan fingerprint density at radius 3 is 2.63 bits per heavy atom. The van der Waals surface area contributed by atoms with E-state index in [0.717, 1.165) is 12.8 Å². The maximum Gasteiger partial charge on any atom is 0.333 e. The maximum absolute atomic E-state index is 11.7. The van der Waals surface area contributed by atoms with Crippen molar-refractivity contribution < 1.29 is 19.4 Å². The molecule has 0 radical (unpaired) electrons. The molecular formula is C14H25NO4. The molecule has 0 amide bonds. The molecule has 0 aromatic carbocycles. The van der Waals surface area contributed by atoms with E-state index in [1.165, 1.54) is 0 Å². The lowest BCUT2D eigenvalue weighted by Gasteiger charge is -2.33. The number of carbonyl (C=O) groups excluding carboxylic acids is 1. The number of aliphatic hydroxyl groups is 1. The highest BCUT2D eigenvalue weighted by Crippen LogP contribution is 2.23. The Bertz CT molecular complexity index is 325. The molecule has 0 heterocycles. The molecule has 5 nitrogen and oxygen atoms in total. The van der Waals surface area contributed by atoms with Crippen LogP contribution in [0.1, 0.15) is 40.0 Å². The molecule has 3 N–H and O–H groups in total. The fourth-order valence-corrected chi connectivity index (χ4v) is 2.17. The largest absolute Gasteiger partial charge is 0.463 e. The summed E-state index contributed by atoms with van der Waals surface area (Å²) in [6.07, 6.45) is 2.55. The van der Waals surface area contributed by atoms with Gasteiger partial charge in [0.15, 0.2) is 0 Å². The van der Waals surface area contributed by atoms with Crippen molar-refractivity contribution in [2.75, 3.05) is 6.61 Å². The summed E-state index contributed by atoms with van der Waals surface area (Å²) in [7, 11) is 0. The van der Waals surface area contributed by atoms with Crippen molar-refractivity contribution in [3.05, 3.63) is 11.6 Å². The summed E-state index contributed by atoms with van der Waals surface area (Å²) in [5.41, 5.74) is 6.40. The zero-order valence-electron chi connectivity index (χ0n) is 12.0. The molecule has 1 aliphatic carbocycles. The van der Waals surface area contributed by atoms with Crippen LogP contribution < -0.4 is 5.73 Å². The second-order valence-electron chi connectivity index (χ2n) is 4.80. The molecule has 0 unspecified atom stereocenters. The van der Waals surface area contributed by atoms with Gasteiger partial charge < -0.3 is 20.3 Å². The van der Waals surface area contributed by atoms with Gasteiger partial charge in [-0.05, 0) is 25.8 Å². The first-order valence-corrected chi connectivity index (χ1v) is 7.00. The molecule has 19 heavy (non-hydrogen) atoms. The summed E-state index contributed by atoms with van der Waals surface area (Å²) >= 11 is 0. The molecule has 0 aromatic rings. The molecule has 1 aliphatic rings. The topological polar surface area (TPSA) is 81.8 Å². The highest BCUT2D eigenvalue weighted by molar-refractivity contribution is 5.88. The highest BCUT2D eigenvalue weighted by atomic mass is 16.5. The summed E-state index contributed by atoms with van der Waals surface area (Å²) in [4.78, 5) is 11.7.